The molecule has 0 spiro atoms. The van der Waals surface area contributed by atoms with Gasteiger partial charge in [0.05, 0.1) is 10.6 Å². The molecule has 0 aliphatic heterocycles. The molecule has 0 saturated heterocycles. The van der Waals surface area contributed by atoms with Gasteiger partial charge in [-0.25, -0.2) is 13.2 Å². The molecule has 1 fully saturated rings. The van der Waals surface area contributed by atoms with Crippen molar-refractivity contribution in [2.75, 3.05) is 5.75 Å². The SMILES string of the molecule is CCS(=O)(=O)c1cccc(C(=O)NC2(C(=O)O)CCC2)c1. The minimum atomic E-state index is -3.40. The molecule has 0 radical (unpaired) electrons. The number of nitrogens with one attached hydrogen (secondary N) is 1. The highest BCUT2D eigenvalue weighted by Crippen LogP contribution is 2.32. The zero-order valence-corrected chi connectivity index (χ0v) is 12.4. The third-order valence-corrected chi connectivity index (χ3v) is 5.54. The third kappa shape index (κ3) is 2.92. The van der Waals surface area contributed by atoms with E-state index in [1.54, 1.807) is 0 Å². The second-order valence-corrected chi connectivity index (χ2v) is 7.40. The maximum absolute atomic E-state index is 12.2. The Hall–Kier alpha value is -1.89. The van der Waals surface area contributed by atoms with Crippen LogP contribution >= 0.6 is 0 Å². The normalized spacial score (nSPS) is 16.8. The van der Waals surface area contributed by atoms with Gasteiger partial charge >= 0.3 is 5.97 Å². The number of amides is 1. The van der Waals surface area contributed by atoms with Gasteiger partial charge in [-0.2, -0.15) is 0 Å². The van der Waals surface area contributed by atoms with Crippen molar-refractivity contribution in [3.05, 3.63) is 29.8 Å². The van der Waals surface area contributed by atoms with Gasteiger partial charge in [-0.15, -0.1) is 0 Å². The summed E-state index contributed by atoms with van der Waals surface area (Å²) >= 11 is 0. The molecule has 1 aliphatic rings. The van der Waals surface area contributed by atoms with E-state index in [0.29, 0.717) is 12.8 Å². The maximum Gasteiger partial charge on any atom is 0.329 e. The van der Waals surface area contributed by atoms with Crippen molar-refractivity contribution in [3.63, 3.8) is 0 Å². The van der Waals surface area contributed by atoms with Crippen molar-refractivity contribution in [2.45, 2.75) is 36.6 Å². The summed E-state index contributed by atoms with van der Waals surface area (Å²) in [6, 6.07) is 5.65. The van der Waals surface area contributed by atoms with E-state index in [2.05, 4.69) is 5.32 Å². The average molecular weight is 311 g/mol. The highest BCUT2D eigenvalue weighted by molar-refractivity contribution is 7.91. The number of benzene rings is 1. The quantitative estimate of drug-likeness (QED) is 0.851. The average Bonchev–Trinajstić information content (AvgIpc) is 2.42. The summed E-state index contributed by atoms with van der Waals surface area (Å²) in [4.78, 5) is 23.5. The van der Waals surface area contributed by atoms with Crippen molar-refractivity contribution >= 4 is 21.7 Å². The topological polar surface area (TPSA) is 101 Å². The summed E-state index contributed by atoms with van der Waals surface area (Å²) in [5.41, 5.74) is -1.06. The number of carbonyl (C=O) groups excluding carboxylic acids is 1. The fraction of sp³-hybridized carbons (Fsp3) is 0.429. The minimum Gasteiger partial charge on any atom is -0.480 e. The summed E-state index contributed by atoms with van der Waals surface area (Å²) in [6.07, 6.45) is 1.53. The molecule has 6 nitrogen and oxygen atoms in total. The molecule has 1 saturated carbocycles. The molecule has 1 amide bonds. The van der Waals surface area contributed by atoms with E-state index < -0.39 is 27.3 Å². The molecular formula is C14H17NO5S. The van der Waals surface area contributed by atoms with Gasteiger partial charge in [0.25, 0.3) is 5.91 Å². The second kappa shape index (κ2) is 5.48. The van der Waals surface area contributed by atoms with Gasteiger partial charge in [-0.1, -0.05) is 13.0 Å². The minimum absolute atomic E-state index is 0.0584. The number of hydrogen-bond acceptors (Lipinski definition) is 4. The molecule has 0 aromatic heterocycles. The smallest absolute Gasteiger partial charge is 0.329 e. The van der Waals surface area contributed by atoms with Crippen molar-refractivity contribution in [1.29, 1.82) is 0 Å². The first-order chi connectivity index (χ1) is 9.81. The van der Waals surface area contributed by atoms with Crippen LogP contribution in [0.3, 0.4) is 0 Å². The Balaban J connectivity index is 2.25. The molecule has 1 aliphatic carbocycles. The molecule has 2 rings (SSSR count). The zero-order valence-electron chi connectivity index (χ0n) is 11.6. The first kappa shape index (κ1) is 15.5. The molecule has 0 heterocycles. The molecule has 0 unspecified atom stereocenters. The van der Waals surface area contributed by atoms with Gasteiger partial charge < -0.3 is 10.4 Å². The van der Waals surface area contributed by atoms with E-state index in [9.17, 15) is 23.1 Å². The van der Waals surface area contributed by atoms with E-state index in [-0.39, 0.29) is 16.2 Å². The molecule has 1 aromatic rings. The number of carboxylic acids is 1. The van der Waals surface area contributed by atoms with E-state index >= 15 is 0 Å². The van der Waals surface area contributed by atoms with E-state index in [1.165, 1.54) is 31.2 Å². The zero-order chi connectivity index (χ0) is 15.7. The number of carboxylic acid groups (broad SMARTS) is 1. The van der Waals surface area contributed by atoms with Gasteiger partial charge in [0, 0.05) is 5.56 Å². The first-order valence-corrected chi connectivity index (χ1v) is 8.35. The Morgan fingerprint density at radius 2 is 2.00 bits per heavy atom. The largest absolute Gasteiger partial charge is 0.480 e. The standard InChI is InChI=1S/C14H17NO5S/c1-2-21(19,20)11-6-3-5-10(9-11)12(16)15-14(13(17)18)7-4-8-14/h3,5-6,9H,2,4,7-8H2,1H3,(H,15,16)(H,17,18). The highest BCUT2D eigenvalue weighted by atomic mass is 32.2. The van der Waals surface area contributed by atoms with E-state index in [0.717, 1.165) is 6.42 Å². The summed E-state index contributed by atoms with van der Waals surface area (Å²) in [7, 11) is -3.40. The number of rotatable bonds is 5. The summed E-state index contributed by atoms with van der Waals surface area (Å²) in [6.45, 7) is 1.52. The van der Waals surface area contributed by atoms with Crippen molar-refractivity contribution in [1.82, 2.24) is 5.32 Å². The van der Waals surface area contributed by atoms with Gasteiger partial charge in [0.1, 0.15) is 5.54 Å². The lowest BCUT2D eigenvalue weighted by atomic mass is 9.76. The van der Waals surface area contributed by atoms with Gasteiger partial charge in [-0.3, -0.25) is 4.79 Å². The number of carbonyl (C=O) groups is 2. The fourth-order valence-corrected chi connectivity index (χ4v) is 3.14. The van der Waals surface area contributed by atoms with E-state index in [4.69, 9.17) is 0 Å². The molecule has 1 aromatic carbocycles. The lowest BCUT2D eigenvalue weighted by Gasteiger charge is -2.38. The Morgan fingerprint density at radius 3 is 2.48 bits per heavy atom. The molecule has 0 bridgehead atoms. The van der Waals surface area contributed by atoms with Crippen LogP contribution < -0.4 is 5.32 Å². The summed E-state index contributed by atoms with van der Waals surface area (Å²) < 4.78 is 23.6. The Kier molecular flexibility index (Phi) is 4.04. The lowest BCUT2D eigenvalue weighted by Crippen LogP contribution is -2.59. The monoisotopic (exact) mass is 311 g/mol. The van der Waals surface area contributed by atoms with Crippen LogP contribution in [0.4, 0.5) is 0 Å². The number of hydrogen-bond donors (Lipinski definition) is 2. The molecule has 2 N–H and O–H groups in total. The van der Waals surface area contributed by atoms with Crippen LogP contribution in [0.1, 0.15) is 36.5 Å². The Morgan fingerprint density at radius 1 is 1.33 bits per heavy atom. The molecular weight excluding hydrogens is 294 g/mol. The van der Waals surface area contributed by atoms with Crippen LogP contribution in [0.2, 0.25) is 0 Å². The second-order valence-electron chi connectivity index (χ2n) is 5.13. The van der Waals surface area contributed by atoms with Gasteiger partial charge in [0.15, 0.2) is 9.84 Å². The lowest BCUT2D eigenvalue weighted by molar-refractivity contribution is -0.148. The van der Waals surface area contributed by atoms with Crippen LogP contribution in [0.15, 0.2) is 29.2 Å². The molecule has 21 heavy (non-hydrogen) atoms. The third-order valence-electron chi connectivity index (χ3n) is 3.80. The maximum atomic E-state index is 12.2. The van der Waals surface area contributed by atoms with E-state index in [1.807, 2.05) is 0 Å². The molecule has 114 valence electrons. The molecule has 0 atom stereocenters. The predicted octanol–water partition coefficient (Wildman–Crippen LogP) is 1.22. The van der Waals surface area contributed by atoms with Gasteiger partial charge in [-0.05, 0) is 37.5 Å². The number of sulfone groups is 1. The van der Waals surface area contributed by atoms with Crippen LogP contribution in [-0.4, -0.2) is 36.7 Å². The van der Waals surface area contributed by atoms with Crippen LogP contribution in [-0.2, 0) is 14.6 Å². The summed E-state index contributed by atoms with van der Waals surface area (Å²) in [5.74, 6) is -1.68. The van der Waals surface area contributed by atoms with Crippen molar-refractivity contribution in [2.24, 2.45) is 0 Å². The highest BCUT2D eigenvalue weighted by Gasteiger charge is 2.45. The molecule has 7 heteroatoms. The van der Waals surface area contributed by atoms with Crippen molar-refractivity contribution < 1.29 is 23.1 Å². The van der Waals surface area contributed by atoms with Crippen molar-refractivity contribution in [3.8, 4) is 0 Å². The van der Waals surface area contributed by atoms with Crippen LogP contribution in [0.5, 0.6) is 0 Å². The number of aliphatic carboxylic acids is 1. The first-order valence-electron chi connectivity index (χ1n) is 6.69. The Bertz CT molecular complexity index is 676. The Labute approximate surface area is 123 Å². The summed E-state index contributed by atoms with van der Waals surface area (Å²) in [5, 5.41) is 11.7. The van der Waals surface area contributed by atoms with Crippen LogP contribution in [0.25, 0.3) is 0 Å². The van der Waals surface area contributed by atoms with Gasteiger partial charge in [0.2, 0.25) is 0 Å². The predicted molar refractivity (Wildman–Crippen MR) is 75.9 cm³/mol. The fourth-order valence-electron chi connectivity index (χ4n) is 2.21. The van der Waals surface area contributed by atoms with Crippen LogP contribution in [0, 0.1) is 0 Å².